The molecule has 1 aromatic carbocycles. The Bertz CT molecular complexity index is 1170. The van der Waals surface area contributed by atoms with Gasteiger partial charge in [-0.05, 0) is 44.6 Å². The predicted octanol–water partition coefficient (Wildman–Crippen LogP) is 1.08. The SMILES string of the molecule is CC[C@@H]1NC(=O)[C@H](CCCNC2=NCCCN2)CC(=O)[C@](C)(NC(=O)C(C)C)CCNC(=O)[C@@H](c2ccccc2)NC1=O. The average molecular weight is 598 g/mol. The van der Waals surface area contributed by atoms with Crippen LogP contribution in [0.1, 0.15) is 77.8 Å². The Hall–Kier alpha value is -3.96. The second-order valence-electron chi connectivity index (χ2n) is 11.7. The lowest BCUT2D eigenvalue weighted by Gasteiger charge is -2.33. The van der Waals surface area contributed by atoms with Gasteiger partial charge in [-0.2, -0.15) is 0 Å². The number of guanidine groups is 1. The first-order valence-electron chi connectivity index (χ1n) is 15.3. The Labute approximate surface area is 254 Å². The summed E-state index contributed by atoms with van der Waals surface area (Å²) in [4.78, 5) is 71.3. The maximum Gasteiger partial charge on any atom is 0.247 e. The first kappa shape index (κ1) is 33.5. The molecule has 0 spiro atoms. The Morgan fingerprint density at radius 2 is 1.77 bits per heavy atom. The quantitative estimate of drug-likeness (QED) is 0.244. The molecule has 0 aromatic heterocycles. The number of carbonyl (C=O) groups excluding carboxylic acids is 5. The Morgan fingerprint density at radius 1 is 1.02 bits per heavy atom. The molecule has 0 saturated carbocycles. The van der Waals surface area contributed by atoms with Gasteiger partial charge in [-0.3, -0.25) is 29.0 Å². The van der Waals surface area contributed by atoms with Crippen LogP contribution in [0.25, 0.3) is 0 Å². The zero-order chi connectivity index (χ0) is 31.4. The van der Waals surface area contributed by atoms with Crippen molar-refractivity contribution in [1.29, 1.82) is 0 Å². The van der Waals surface area contributed by atoms with Gasteiger partial charge in [-0.1, -0.05) is 51.1 Å². The van der Waals surface area contributed by atoms with E-state index in [9.17, 15) is 24.0 Å². The van der Waals surface area contributed by atoms with Gasteiger partial charge in [-0.25, -0.2) is 0 Å². The number of benzene rings is 1. The maximum absolute atomic E-state index is 13.9. The molecule has 6 N–H and O–H groups in total. The van der Waals surface area contributed by atoms with Crippen molar-refractivity contribution in [3.05, 3.63) is 35.9 Å². The van der Waals surface area contributed by atoms with Crippen molar-refractivity contribution >= 4 is 35.4 Å². The lowest BCUT2D eigenvalue weighted by molar-refractivity contribution is -0.137. The fourth-order valence-electron chi connectivity index (χ4n) is 5.04. The normalized spacial score (nSPS) is 25.8. The minimum atomic E-state index is -1.31. The Balaban J connectivity index is 1.87. The van der Waals surface area contributed by atoms with Crippen molar-refractivity contribution in [1.82, 2.24) is 31.9 Å². The number of hydrogen-bond acceptors (Lipinski definition) is 8. The summed E-state index contributed by atoms with van der Waals surface area (Å²) in [5.74, 6) is -2.33. The fourth-order valence-corrected chi connectivity index (χ4v) is 5.04. The molecule has 43 heavy (non-hydrogen) atoms. The molecule has 2 aliphatic heterocycles. The molecular formula is C31H47N7O5. The number of nitrogens with one attached hydrogen (secondary N) is 6. The second kappa shape index (κ2) is 16.0. The zero-order valence-electron chi connectivity index (χ0n) is 25.8. The number of hydrogen-bond donors (Lipinski definition) is 6. The standard InChI is InChI=1S/C31H47N7O5/c1-5-23-28(42)37-25(21-11-7-6-8-12-21)29(43)32-18-14-31(4,38-26(40)20(2)3)24(39)19-22(27(41)36-23)13-9-15-33-30-34-16-10-17-35-30/h6-8,11-12,20,22-23,25H,5,9-10,13-19H2,1-4H3,(H,32,43)(H,36,41)(H,37,42)(H,38,40)(H2,33,34,35)/t22-,23+,25-,31-/m1/s1. The van der Waals surface area contributed by atoms with E-state index in [0.717, 1.165) is 25.5 Å². The molecule has 12 nitrogen and oxygen atoms in total. The Kier molecular flexibility index (Phi) is 12.5. The van der Waals surface area contributed by atoms with Crippen LogP contribution in [-0.2, 0) is 24.0 Å². The largest absolute Gasteiger partial charge is 0.356 e. The molecule has 2 aliphatic rings. The predicted molar refractivity (Wildman–Crippen MR) is 164 cm³/mol. The van der Waals surface area contributed by atoms with E-state index < -0.39 is 41.3 Å². The number of nitrogens with zero attached hydrogens (tertiary/aromatic N) is 1. The van der Waals surface area contributed by atoms with E-state index in [4.69, 9.17) is 0 Å². The molecule has 236 valence electrons. The molecule has 3 rings (SSSR count). The topological polar surface area (TPSA) is 170 Å². The van der Waals surface area contributed by atoms with Gasteiger partial charge in [-0.15, -0.1) is 0 Å². The van der Waals surface area contributed by atoms with Gasteiger partial charge < -0.3 is 31.9 Å². The Morgan fingerprint density at radius 3 is 2.42 bits per heavy atom. The summed E-state index contributed by atoms with van der Waals surface area (Å²) in [6.07, 6.45) is 2.22. The number of carbonyl (C=O) groups is 5. The monoisotopic (exact) mass is 597 g/mol. The van der Waals surface area contributed by atoms with Gasteiger partial charge >= 0.3 is 0 Å². The van der Waals surface area contributed by atoms with Crippen LogP contribution in [0.5, 0.6) is 0 Å². The molecule has 2 heterocycles. The van der Waals surface area contributed by atoms with Crippen LogP contribution in [0.3, 0.4) is 0 Å². The molecule has 0 unspecified atom stereocenters. The molecule has 0 bridgehead atoms. The van der Waals surface area contributed by atoms with E-state index in [-0.39, 0.29) is 43.4 Å². The summed E-state index contributed by atoms with van der Waals surface area (Å²) < 4.78 is 0. The maximum atomic E-state index is 13.9. The third-order valence-electron chi connectivity index (χ3n) is 7.91. The van der Waals surface area contributed by atoms with Crippen molar-refractivity contribution in [2.24, 2.45) is 16.8 Å². The van der Waals surface area contributed by atoms with E-state index in [1.54, 1.807) is 52.0 Å². The molecular weight excluding hydrogens is 550 g/mol. The highest BCUT2D eigenvalue weighted by atomic mass is 16.2. The highest BCUT2D eigenvalue weighted by Gasteiger charge is 2.38. The van der Waals surface area contributed by atoms with Crippen LogP contribution in [0.4, 0.5) is 0 Å². The van der Waals surface area contributed by atoms with Crippen molar-refractivity contribution in [3.63, 3.8) is 0 Å². The van der Waals surface area contributed by atoms with Gasteiger partial charge in [0.15, 0.2) is 11.7 Å². The molecule has 4 atom stereocenters. The summed E-state index contributed by atoms with van der Waals surface area (Å²) in [5, 5.41) is 17.8. The van der Waals surface area contributed by atoms with E-state index in [1.807, 2.05) is 6.07 Å². The third-order valence-corrected chi connectivity index (χ3v) is 7.91. The minimum absolute atomic E-state index is 0.0752. The minimum Gasteiger partial charge on any atom is -0.356 e. The smallest absolute Gasteiger partial charge is 0.247 e. The van der Waals surface area contributed by atoms with Gasteiger partial charge in [0.05, 0.1) is 5.54 Å². The molecule has 12 heteroatoms. The van der Waals surface area contributed by atoms with Crippen molar-refractivity contribution < 1.29 is 24.0 Å². The summed E-state index contributed by atoms with van der Waals surface area (Å²) in [6, 6.07) is 6.92. The fraction of sp³-hybridized carbons (Fsp3) is 0.613. The summed E-state index contributed by atoms with van der Waals surface area (Å²) in [7, 11) is 0. The van der Waals surface area contributed by atoms with E-state index in [0.29, 0.717) is 24.9 Å². The second-order valence-corrected chi connectivity index (χ2v) is 11.7. The van der Waals surface area contributed by atoms with Gasteiger partial charge in [0.1, 0.15) is 12.1 Å². The van der Waals surface area contributed by atoms with Gasteiger partial charge in [0, 0.05) is 44.4 Å². The third kappa shape index (κ3) is 9.79. The molecule has 1 saturated heterocycles. The van der Waals surface area contributed by atoms with Crippen LogP contribution in [0.2, 0.25) is 0 Å². The van der Waals surface area contributed by atoms with Gasteiger partial charge in [0.2, 0.25) is 23.6 Å². The lowest BCUT2D eigenvalue weighted by Crippen LogP contribution is -2.57. The van der Waals surface area contributed by atoms with Crippen molar-refractivity contribution in [2.75, 3.05) is 26.2 Å². The van der Waals surface area contributed by atoms with Crippen LogP contribution < -0.4 is 31.9 Å². The van der Waals surface area contributed by atoms with Crippen molar-refractivity contribution in [2.45, 2.75) is 83.8 Å². The van der Waals surface area contributed by atoms with Crippen LogP contribution in [0, 0.1) is 11.8 Å². The lowest BCUT2D eigenvalue weighted by atomic mass is 9.84. The van der Waals surface area contributed by atoms with Crippen LogP contribution >= 0.6 is 0 Å². The summed E-state index contributed by atoms with van der Waals surface area (Å²) in [5.41, 5.74) is -0.734. The first-order chi connectivity index (χ1) is 20.5. The number of aliphatic imine (C=N–C) groups is 1. The molecule has 4 amide bonds. The zero-order valence-corrected chi connectivity index (χ0v) is 25.8. The van der Waals surface area contributed by atoms with Crippen LogP contribution in [0.15, 0.2) is 35.3 Å². The van der Waals surface area contributed by atoms with Gasteiger partial charge in [0.25, 0.3) is 0 Å². The molecule has 1 aromatic rings. The first-order valence-corrected chi connectivity index (χ1v) is 15.3. The summed E-state index contributed by atoms with van der Waals surface area (Å²) >= 11 is 0. The highest BCUT2D eigenvalue weighted by molar-refractivity contribution is 5.97. The van der Waals surface area contributed by atoms with E-state index in [2.05, 4.69) is 36.9 Å². The molecule has 0 radical (unpaired) electrons. The average Bonchev–Trinajstić information content (AvgIpc) is 3.00. The number of amides is 4. The van der Waals surface area contributed by atoms with E-state index >= 15 is 0 Å². The molecule has 1 fully saturated rings. The van der Waals surface area contributed by atoms with Crippen molar-refractivity contribution in [3.8, 4) is 0 Å². The van der Waals surface area contributed by atoms with E-state index in [1.165, 1.54) is 0 Å². The number of ketones is 1. The highest BCUT2D eigenvalue weighted by Crippen LogP contribution is 2.22. The van der Waals surface area contributed by atoms with Crippen LogP contribution in [-0.4, -0.2) is 73.1 Å². The number of rotatable bonds is 8. The molecule has 0 aliphatic carbocycles. The summed E-state index contributed by atoms with van der Waals surface area (Å²) in [6.45, 7) is 9.11. The number of Topliss-reactive ketones (excluding diaryl/α,β-unsaturated/α-hetero) is 1.